The molecule has 0 aromatic heterocycles. The molecule has 1 aliphatic carbocycles. The molecule has 0 bridgehead atoms. The van der Waals surface area contributed by atoms with Crippen molar-refractivity contribution in [3.8, 4) is 0 Å². The number of ether oxygens (including phenoxy) is 1. The number of Topliss-reactive ketones (excluding diaryl/α,β-unsaturated/α-hetero) is 1. The number of carbonyl (C=O) groups is 2. The molecule has 0 aromatic carbocycles. The summed E-state index contributed by atoms with van der Waals surface area (Å²) in [6.07, 6.45) is 6.45. The highest BCUT2D eigenvalue weighted by atomic mass is 16.5. The minimum atomic E-state index is -0.448. The Kier molecular flexibility index (Phi) is 5.37. The molecule has 15 heavy (non-hydrogen) atoms. The van der Waals surface area contributed by atoms with Gasteiger partial charge in [-0.2, -0.15) is 0 Å². The van der Waals surface area contributed by atoms with Gasteiger partial charge in [0.05, 0.1) is 6.61 Å². The molecular formula is C12H20O3. The Morgan fingerprint density at radius 1 is 1.40 bits per heavy atom. The number of unbranched alkanes of at least 4 members (excludes halogenated alkanes) is 3. The van der Waals surface area contributed by atoms with Crippen molar-refractivity contribution in [3.63, 3.8) is 0 Å². The number of ketones is 1. The van der Waals surface area contributed by atoms with Gasteiger partial charge in [-0.15, -0.1) is 0 Å². The molecule has 0 heterocycles. The largest absolute Gasteiger partial charge is 0.465 e. The molecule has 0 aliphatic heterocycles. The monoisotopic (exact) mass is 212 g/mol. The van der Waals surface area contributed by atoms with Crippen molar-refractivity contribution in [2.75, 3.05) is 6.61 Å². The second kappa shape index (κ2) is 6.59. The van der Waals surface area contributed by atoms with E-state index in [0.29, 0.717) is 19.4 Å². The molecule has 3 heteroatoms. The lowest BCUT2D eigenvalue weighted by Gasteiger charge is -2.08. The van der Waals surface area contributed by atoms with E-state index in [9.17, 15) is 9.59 Å². The van der Waals surface area contributed by atoms with Gasteiger partial charge in [-0.25, -0.2) is 0 Å². The van der Waals surface area contributed by atoms with Crippen molar-refractivity contribution in [1.82, 2.24) is 0 Å². The summed E-state index contributed by atoms with van der Waals surface area (Å²) in [6.45, 7) is 2.62. The zero-order valence-corrected chi connectivity index (χ0v) is 9.46. The molecule has 0 amide bonds. The van der Waals surface area contributed by atoms with E-state index in [0.717, 1.165) is 19.3 Å². The number of hydrogen-bond acceptors (Lipinski definition) is 3. The molecular weight excluding hydrogens is 192 g/mol. The summed E-state index contributed by atoms with van der Waals surface area (Å²) in [5.74, 6) is -0.682. The van der Waals surface area contributed by atoms with E-state index in [1.165, 1.54) is 12.8 Å². The first kappa shape index (κ1) is 12.2. The summed E-state index contributed by atoms with van der Waals surface area (Å²) in [4.78, 5) is 22.7. The summed E-state index contributed by atoms with van der Waals surface area (Å²) in [5.41, 5.74) is 0. The fraction of sp³-hybridized carbons (Fsp3) is 0.833. The number of hydrogen-bond donors (Lipinski definition) is 0. The minimum absolute atomic E-state index is 0.0635. The van der Waals surface area contributed by atoms with Crippen molar-refractivity contribution < 1.29 is 14.3 Å². The fourth-order valence-corrected chi connectivity index (χ4v) is 1.87. The van der Waals surface area contributed by atoms with Crippen LogP contribution in [0.4, 0.5) is 0 Å². The summed E-state index contributed by atoms with van der Waals surface area (Å²) in [5, 5.41) is 0. The van der Waals surface area contributed by atoms with E-state index in [2.05, 4.69) is 6.92 Å². The smallest absolute Gasteiger partial charge is 0.316 e. The van der Waals surface area contributed by atoms with E-state index in [1.54, 1.807) is 0 Å². The van der Waals surface area contributed by atoms with Crippen molar-refractivity contribution in [1.29, 1.82) is 0 Å². The quantitative estimate of drug-likeness (QED) is 0.386. The Labute approximate surface area is 91.2 Å². The first-order valence-corrected chi connectivity index (χ1v) is 5.95. The second-order valence-electron chi connectivity index (χ2n) is 4.14. The summed E-state index contributed by atoms with van der Waals surface area (Å²) in [7, 11) is 0. The van der Waals surface area contributed by atoms with Crippen molar-refractivity contribution in [3.05, 3.63) is 0 Å². The maximum atomic E-state index is 11.4. The maximum absolute atomic E-state index is 11.4. The van der Waals surface area contributed by atoms with Crippen molar-refractivity contribution >= 4 is 11.8 Å². The summed E-state index contributed by atoms with van der Waals surface area (Å²) < 4.78 is 5.08. The van der Waals surface area contributed by atoms with Crippen LogP contribution in [0.25, 0.3) is 0 Å². The molecule has 1 unspecified atom stereocenters. The third-order valence-corrected chi connectivity index (χ3v) is 2.83. The highest BCUT2D eigenvalue weighted by molar-refractivity contribution is 6.00. The van der Waals surface area contributed by atoms with E-state index in [4.69, 9.17) is 4.74 Å². The Balaban J connectivity index is 2.10. The first-order chi connectivity index (χ1) is 7.25. The average molecular weight is 212 g/mol. The minimum Gasteiger partial charge on any atom is -0.465 e. The van der Waals surface area contributed by atoms with Gasteiger partial charge in [0.1, 0.15) is 11.7 Å². The lowest BCUT2D eigenvalue weighted by molar-refractivity contribution is -0.151. The van der Waals surface area contributed by atoms with Crippen molar-refractivity contribution in [2.24, 2.45) is 5.92 Å². The normalized spacial score (nSPS) is 20.6. The highest BCUT2D eigenvalue weighted by Gasteiger charge is 2.31. The molecule has 1 aliphatic rings. The molecule has 86 valence electrons. The van der Waals surface area contributed by atoms with Crippen LogP contribution in [-0.2, 0) is 14.3 Å². The molecule has 1 rings (SSSR count). The van der Waals surface area contributed by atoms with Gasteiger partial charge >= 0.3 is 5.97 Å². The van der Waals surface area contributed by atoms with Crippen LogP contribution in [0.3, 0.4) is 0 Å². The molecule has 1 atom stereocenters. The van der Waals surface area contributed by atoms with Gasteiger partial charge < -0.3 is 4.74 Å². The predicted molar refractivity (Wildman–Crippen MR) is 57.4 cm³/mol. The average Bonchev–Trinajstić information content (AvgIpc) is 2.64. The van der Waals surface area contributed by atoms with Gasteiger partial charge in [0, 0.05) is 6.42 Å². The Morgan fingerprint density at radius 2 is 2.20 bits per heavy atom. The van der Waals surface area contributed by atoms with Crippen LogP contribution < -0.4 is 0 Å². The van der Waals surface area contributed by atoms with Crippen LogP contribution in [-0.4, -0.2) is 18.4 Å². The maximum Gasteiger partial charge on any atom is 0.316 e. The SMILES string of the molecule is CCCCCCOC(=O)C1CCCC1=O. The molecule has 0 saturated heterocycles. The topological polar surface area (TPSA) is 43.4 Å². The zero-order valence-electron chi connectivity index (χ0n) is 9.46. The van der Waals surface area contributed by atoms with E-state index >= 15 is 0 Å². The van der Waals surface area contributed by atoms with E-state index in [-0.39, 0.29) is 11.8 Å². The van der Waals surface area contributed by atoms with Crippen LogP contribution in [0.15, 0.2) is 0 Å². The third-order valence-electron chi connectivity index (χ3n) is 2.83. The third kappa shape index (κ3) is 4.02. The van der Waals surface area contributed by atoms with E-state index < -0.39 is 5.92 Å². The first-order valence-electron chi connectivity index (χ1n) is 5.95. The zero-order chi connectivity index (χ0) is 11.1. The van der Waals surface area contributed by atoms with Gasteiger partial charge in [-0.1, -0.05) is 26.2 Å². The molecule has 1 saturated carbocycles. The predicted octanol–water partition coefficient (Wildman–Crippen LogP) is 2.48. The van der Waals surface area contributed by atoms with Gasteiger partial charge in [0.15, 0.2) is 0 Å². The fourth-order valence-electron chi connectivity index (χ4n) is 1.87. The molecule has 0 radical (unpaired) electrons. The van der Waals surface area contributed by atoms with Crippen molar-refractivity contribution in [2.45, 2.75) is 51.9 Å². The Bertz CT molecular complexity index is 223. The standard InChI is InChI=1S/C12H20O3/c1-2-3-4-5-9-15-12(14)10-7-6-8-11(10)13/h10H,2-9H2,1H3. The number of esters is 1. The van der Waals surface area contributed by atoms with Gasteiger partial charge in [-0.3, -0.25) is 9.59 Å². The van der Waals surface area contributed by atoms with Crippen LogP contribution in [0, 0.1) is 5.92 Å². The number of rotatable bonds is 6. The van der Waals surface area contributed by atoms with Gasteiger partial charge in [-0.05, 0) is 19.3 Å². The Hall–Kier alpha value is -0.860. The highest BCUT2D eigenvalue weighted by Crippen LogP contribution is 2.22. The molecule has 0 aromatic rings. The second-order valence-corrected chi connectivity index (χ2v) is 4.14. The van der Waals surface area contributed by atoms with Gasteiger partial charge in [0.2, 0.25) is 0 Å². The van der Waals surface area contributed by atoms with E-state index in [1.807, 2.05) is 0 Å². The lowest BCUT2D eigenvalue weighted by Crippen LogP contribution is -2.21. The van der Waals surface area contributed by atoms with Crippen LogP contribution in [0.1, 0.15) is 51.9 Å². The van der Waals surface area contributed by atoms with Crippen LogP contribution in [0.5, 0.6) is 0 Å². The Morgan fingerprint density at radius 3 is 2.80 bits per heavy atom. The number of carbonyl (C=O) groups excluding carboxylic acids is 2. The summed E-state index contributed by atoms with van der Waals surface area (Å²) >= 11 is 0. The summed E-state index contributed by atoms with van der Waals surface area (Å²) in [6, 6.07) is 0. The van der Waals surface area contributed by atoms with Crippen LogP contribution in [0.2, 0.25) is 0 Å². The molecule has 0 spiro atoms. The lowest BCUT2D eigenvalue weighted by atomic mass is 10.1. The van der Waals surface area contributed by atoms with Crippen LogP contribution >= 0.6 is 0 Å². The molecule has 0 N–H and O–H groups in total. The van der Waals surface area contributed by atoms with Gasteiger partial charge in [0.25, 0.3) is 0 Å². The molecule has 3 nitrogen and oxygen atoms in total. The molecule has 1 fully saturated rings.